The molecule has 2 aliphatic rings. The van der Waals surface area contributed by atoms with Crippen molar-refractivity contribution in [3.63, 3.8) is 0 Å². The van der Waals surface area contributed by atoms with Crippen LogP contribution in [0.5, 0.6) is 0 Å². The van der Waals surface area contributed by atoms with Gasteiger partial charge in [0, 0.05) is 18.4 Å². The molecule has 0 bridgehead atoms. The van der Waals surface area contributed by atoms with Gasteiger partial charge in [0.25, 0.3) is 11.5 Å². The molecule has 0 saturated carbocycles. The van der Waals surface area contributed by atoms with E-state index in [0.29, 0.717) is 23.5 Å². The first-order valence-corrected chi connectivity index (χ1v) is 9.95. The number of aryl methyl sites for hydroxylation is 1. The van der Waals surface area contributed by atoms with Gasteiger partial charge in [-0.05, 0) is 42.7 Å². The number of halogens is 1. The number of anilines is 1. The highest BCUT2D eigenvalue weighted by atomic mass is 19.1. The molecular weight excluding hydrogens is 399 g/mol. The van der Waals surface area contributed by atoms with Crippen molar-refractivity contribution in [1.82, 2.24) is 14.9 Å². The maximum atomic E-state index is 13.7. The van der Waals surface area contributed by atoms with Gasteiger partial charge in [0.1, 0.15) is 22.6 Å². The number of aromatic nitrogens is 2. The van der Waals surface area contributed by atoms with Gasteiger partial charge in [0.05, 0.1) is 6.04 Å². The van der Waals surface area contributed by atoms with E-state index < -0.39 is 28.7 Å². The number of H-pyrrole nitrogens is 1. The van der Waals surface area contributed by atoms with Crippen LogP contribution in [0.25, 0.3) is 0 Å². The van der Waals surface area contributed by atoms with E-state index in [4.69, 9.17) is 0 Å². The number of amides is 2. The zero-order chi connectivity index (χ0) is 21.8. The molecule has 5 rings (SSSR count). The zero-order valence-corrected chi connectivity index (χ0v) is 16.7. The van der Waals surface area contributed by atoms with Crippen LogP contribution in [-0.2, 0) is 10.2 Å². The number of benzene rings is 2. The van der Waals surface area contributed by atoms with E-state index in [-0.39, 0.29) is 18.0 Å². The molecule has 2 aliphatic heterocycles. The van der Waals surface area contributed by atoms with Crippen LogP contribution in [0.2, 0.25) is 0 Å². The molecule has 1 spiro atoms. The first kappa shape index (κ1) is 19.2. The zero-order valence-electron chi connectivity index (χ0n) is 16.7. The van der Waals surface area contributed by atoms with Gasteiger partial charge in [-0.25, -0.2) is 9.37 Å². The van der Waals surface area contributed by atoms with Crippen molar-refractivity contribution >= 4 is 17.5 Å². The largest absolute Gasteiger partial charge is 0.330 e. The summed E-state index contributed by atoms with van der Waals surface area (Å²) in [5, 5.41) is 2.93. The van der Waals surface area contributed by atoms with Crippen molar-refractivity contribution in [1.29, 1.82) is 0 Å². The molecular formula is C23H19FN4O3. The predicted octanol–water partition coefficient (Wildman–Crippen LogP) is 2.69. The van der Waals surface area contributed by atoms with Crippen LogP contribution in [0.4, 0.5) is 10.1 Å². The van der Waals surface area contributed by atoms with E-state index in [1.165, 1.54) is 23.2 Å². The number of aromatic amines is 1. The minimum atomic E-state index is -1.03. The van der Waals surface area contributed by atoms with Gasteiger partial charge in [-0.15, -0.1) is 0 Å². The number of rotatable bonds is 2. The van der Waals surface area contributed by atoms with E-state index in [1.54, 1.807) is 19.1 Å². The average Bonchev–Trinajstić information content (AvgIpc) is 3.28. The summed E-state index contributed by atoms with van der Waals surface area (Å²) in [7, 11) is 0. The number of likely N-dealkylation sites (tertiary alicyclic amines) is 1. The minimum absolute atomic E-state index is 0.0959. The molecule has 156 valence electrons. The third-order valence-corrected chi connectivity index (χ3v) is 6.19. The molecule has 2 N–H and O–H groups in total. The summed E-state index contributed by atoms with van der Waals surface area (Å²) < 4.78 is 13.7. The number of hydrogen-bond acceptors (Lipinski definition) is 4. The minimum Gasteiger partial charge on any atom is -0.330 e. The summed E-state index contributed by atoms with van der Waals surface area (Å²) in [6, 6.07) is 12.5. The summed E-state index contributed by atoms with van der Waals surface area (Å²) >= 11 is 0. The smallest absolute Gasteiger partial charge is 0.263 e. The fraction of sp³-hybridized carbons (Fsp3) is 0.217. The molecule has 2 aromatic carbocycles. The van der Waals surface area contributed by atoms with Crippen molar-refractivity contribution in [2.75, 3.05) is 11.9 Å². The van der Waals surface area contributed by atoms with Crippen LogP contribution in [0.3, 0.4) is 0 Å². The Balaban J connectivity index is 1.68. The van der Waals surface area contributed by atoms with Gasteiger partial charge in [-0.3, -0.25) is 14.4 Å². The maximum absolute atomic E-state index is 13.7. The fourth-order valence-corrected chi connectivity index (χ4v) is 4.80. The maximum Gasteiger partial charge on any atom is 0.263 e. The Kier molecular flexibility index (Phi) is 4.25. The second-order valence-electron chi connectivity index (χ2n) is 7.89. The lowest BCUT2D eigenvalue weighted by atomic mass is 9.72. The molecule has 0 radical (unpaired) electrons. The molecule has 2 atom stereocenters. The third-order valence-electron chi connectivity index (χ3n) is 6.19. The molecule has 1 saturated heterocycles. The Bertz CT molecular complexity index is 1270. The first-order valence-electron chi connectivity index (χ1n) is 9.95. The predicted molar refractivity (Wildman–Crippen MR) is 111 cm³/mol. The number of hydrogen-bond donors (Lipinski definition) is 2. The number of carbonyl (C=O) groups is 2. The highest BCUT2D eigenvalue weighted by molar-refractivity contribution is 6.08. The Morgan fingerprint density at radius 2 is 1.90 bits per heavy atom. The normalized spacial score (nSPS) is 21.9. The highest BCUT2D eigenvalue weighted by Crippen LogP contribution is 2.54. The summed E-state index contributed by atoms with van der Waals surface area (Å²) in [5.41, 5.74) is 0.448. The summed E-state index contributed by atoms with van der Waals surface area (Å²) in [4.78, 5) is 47.3. The molecule has 3 heterocycles. The topological polar surface area (TPSA) is 95.2 Å². The van der Waals surface area contributed by atoms with Crippen LogP contribution < -0.4 is 10.9 Å². The second kappa shape index (κ2) is 6.87. The molecule has 0 unspecified atom stereocenters. The number of nitrogens with zero attached hydrogens (tertiary/aromatic N) is 2. The molecule has 7 nitrogen and oxygen atoms in total. The Hall–Kier alpha value is -3.81. The lowest BCUT2D eigenvalue weighted by Gasteiger charge is -2.34. The van der Waals surface area contributed by atoms with Crippen LogP contribution in [-0.4, -0.2) is 33.2 Å². The summed E-state index contributed by atoms with van der Waals surface area (Å²) in [5.74, 6) is -0.742. The lowest BCUT2D eigenvalue weighted by molar-refractivity contribution is -0.121. The van der Waals surface area contributed by atoms with Crippen LogP contribution in [0, 0.1) is 12.7 Å². The number of nitrogens with one attached hydrogen (secondary N) is 2. The quantitative estimate of drug-likeness (QED) is 0.669. The number of carbonyl (C=O) groups excluding carboxylic acids is 2. The van der Waals surface area contributed by atoms with Gasteiger partial charge < -0.3 is 15.2 Å². The van der Waals surface area contributed by atoms with Crippen molar-refractivity contribution < 1.29 is 14.0 Å². The van der Waals surface area contributed by atoms with E-state index >= 15 is 0 Å². The van der Waals surface area contributed by atoms with Gasteiger partial charge in [-0.1, -0.05) is 30.3 Å². The van der Waals surface area contributed by atoms with Crippen LogP contribution >= 0.6 is 0 Å². The molecule has 0 aliphatic carbocycles. The molecule has 2 amide bonds. The Labute approximate surface area is 176 Å². The fourth-order valence-electron chi connectivity index (χ4n) is 4.80. The van der Waals surface area contributed by atoms with Crippen molar-refractivity contribution in [3.8, 4) is 0 Å². The summed E-state index contributed by atoms with van der Waals surface area (Å²) in [6.45, 7) is 1.89. The lowest BCUT2D eigenvalue weighted by Crippen LogP contribution is -2.43. The van der Waals surface area contributed by atoms with E-state index in [2.05, 4.69) is 15.3 Å². The first-order chi connectivity index (χ1) is 14.9. The highest BCUT2D eigenvalue weighted by Gasteiger charge is 2.59. The van der Waals surface area contributed by atoms with Gasteiger partial charge >= 0.3 is 0 Å². The van der Waals surface area contributed by atoms with E-state index in [9.17, 15) is 18.8 Å². The Morgan fingerprint density at radius 3 is 2.65 bits per heavy atom. The van der Waals surface area contributed by atoms with Crippen molar-refractivity contribution in [3.05, 3.63) is 93.4 Å². The number of para-hydroxylation sites is 1. The van der Waals surface area contributed by atoms with E-state index in [0.717, 1.165) is 5.56 Å². The monoisotopic (exact) mass is 418 g/mol. The third kappa shape index (κ3) is 2.78. The van der Waals surface area contributed by atoms with Gasteiger partial charge in [0.2, 0.25) is 5.91 Å². The van der Waals surface area contributed by atoms with Crippen molar-refractivity contribution in [2.24, 2.45) is 0 Å². The Morgan fingerprint density at radius 1 is 1.16 bits per heavy atom. The van der Waals surface area contributed by atoms with Gasteiger partial charge in [-0.2, -0.15) is 0 Å². The standard InChI is InChI=1S/C23H19FN4O3/c1-13-25-12-16(20(29)26-13)21(30)28-11-10-23(19(28)14-6-8-15(24)9-7-14)17-4-2-3-5-18(17)27-22(23)31/h2-9,12,19H,10-11H2,1H3,(H,27,31)(H,25,26,29)/t19-,23+/m0/s1. The second-order valence-corrected chi connectivity index (χ2v) is 7.89. The summed E-state index contributed by atoms with van der Waals surface area (Å²) in [6.07, 6.45) is 1.63. The molecule has 1 aromatic heterocycles. The molecule has 1 fully saturated rings. The molecule has 8 heteroatoms. The van der Waals surface area contributed by atoms with Gasteiger partial charge in [0.15, 0.2) is 0 Å². The van der Waals surface area contributed by atoms with E-state index in [1.807, 2.05) is 24.3 Å². The SMILES string of the molecule is Cc1ncc(C(=O)N2CC[C@]3(C(=O)Nc4ccccc43)[C@@H]2c2ccc(F)cc2)c(=O)[nH]1. The van der Waals surface area contributed by atoms with Crippen molar-refractivity contribution in [2.45, 2.75) is 24.8 Å². The molecule has 31 heavy (non-hydrogen) atoms. The van der Waals surface area contributed by atoms with Crippen LogP contribution in [0.1, 0.15) is 39.8 Å². The molecule has 3 aromatic rings. The average molecular weight is 418 g/mol. The van der Waals surface area contributed by atoms with Crippen LogP contribution in [0.15, 0.2) is 59.5 Å². The number of fused-ring (bicyclic) bond motifs is 2.